The molecular weight excluding hydrogens is 347 g/mol. The van der Waals surface area contributed by atoms with Gasteiger partial charge in [0.05, 0.1) is 12.6 Å². The van der Waals surface area contributed by atoms with Gasteiger partial charge in [0.1, 0.15) is 18.0 Å². The van der Waals surface area contributed by atoms with E-state index < -0.39 is 0 Å². The maximum Gasteiger partial charge on any atom is 0.134 e. The molecule has 0 aliphatic carbocycles. The first-order valence-electron chi connectivity index (χ1n) is 7.92. The van der Waals surface area contributed by atoms with Crippen LogP contribution in [0.15, 0.2) is 30.6 Å². The fourth-order valence-corrected chi connectivity index (χ4v) is 3.66. The Kier molecular flexibility index (Phi) is 5.43. The standard InChI is InChI=1S/C17H20Cl2N4O/c1-22(9-12-5-13(18)7-14(19)6-12)16-8-17(21-11-20-16)23-4-2-3-15(23)10-24/h5-8,11,15,24H,2-4,9-10H2,1H3. The van der Waals surface area contributed by atoms with Gasteiger partial charge in [-0.05, 0) is 36.6 Å². The van der Waals surface area contributed by atoms with Gasteiger partial charge in [-0.3, -0.25) is 0 Å². The normalized spacial score (nSPS) is 17.3. The summed E-state index contributed by atoms with van der Waals surface area (Å²) in [5, 5.41) is 10.7. The van der Waals surface area contributed by atoms with Crippen molar-refractivity contribution in [3.63, 3.8) is 0 Å². The van der Waals surface area contributed by atoms with Crippen LogP contribution < -0.4 is 9.80 Å². The van der Waals surface area contributed by atoms with Gasteiger partial charge in [0.15, 0.2) is 0 Å². The highest BCUT2D eigenvalue weighted by atomic mass is 35.5. The molecule has 2 heterocycles. The third kappa shape index (κ3) is 3.91. The molecule has 24 heavy (non-hydrogen) atoms. The first-order chi connectivity index (χ1) is 11.6. The lowest BCUT2D eigenvalue weighted by molar-refractivity contribution is 0.266. The average molecular weight is 367 g/mol. The van der Waals surface area contributed by atoms with Crippen molar-refractivity contribution >= 4 is 34.8 Å². The smallest absolute Gasteiger partial charge is 0.134 e. The van der Waals surface area contributed by atoms with Gasteiger partial charge in [0.25, 0.3) is 0 Å². The van der Waals surface area contributed by atoms with Gasteiger partial charge in [0, 0.05) is 36.2 Å². The SMILES string of the molecule is CN(Cc1cc(Cl)cc(Cl)c1)c1cc(N2CCCC2CO)ncn1. The van der Waals surface area contributed by atoms with Crippen LogP contribution in [-0.2, 0) is 6.54 Å². The maximum absolute atomic E-state index is 9.50. The lowest BCUT2D eigenvalue weighted by atomic mass is 10.2. The molecule has 1 atom stereocenters. The first-order valence-corrected chi connectivity index (χ1v) is 8.68. The zero-order valence-electron chi connectivity index (χ0n) is 13.5. The van der Waals surface area contributed by atoms with Crippen molar-refractivity contribution < 1.29 is 5.11 Å². The van der Waals surface area contributed by atoms with Gasteiger partial charge in [-0.1, -0.05) is 23.2 Å². The Hall–Kier alpha value is -1.56. The van der Waals surface area contributed by atoms with Crippen LogP contribution in [0, 0.1) is 0 Å². The predicted octanol–water partition coefficient (Wildman–Crippen LogP) is 3.38. The molecule has 5 nitrogen and oxygen atoms in total. The molecular formula is C17H20Cl2N4O. The molecule has 1 N–H and O–H groups in total. The summed E-state index contributed by atoms with van der Waals surface area (Å²) in [6.45, 7) is 1.70. The Morgan fingerprint density at radius 2 is 1.96 bits per heavy atom. The molecule has 3 rings (SSSR count). The molecule has 2 aromatic rings. The van der Waals surface area contributed by atoms with Crippen molar-refractivity contribution in [1.82, 2.24) is 9.97 Å². The van der Waals surface area contributed by atoms with Crippen LogP contribution >= 0.6 is 23.2 Å². The van der Waals surface area contributed by atoms with Crippen LogP contribution in [0.5, 0.6) is 0 Å². The highest BCUT2D eigenvalue weighted by molar-refractivity contribution is 6.34. The summed E-state index contributed by atoms with van der Waals surface area (Å²) < 4.78 is 0. The van der Waals surface area contributed by atoms with Crippen molar-refractivity contribution in [1.29, 1.82) is 0 Å². The lowest BCUT2D eigenvalue weighted by Gasteiger charge is -2.25. The molecule has 1 aliphatic heterocycles. The van der Waals surface area contributed by atoms with E-state index in [1.54, 1.807) is 12.4 Å². The van der Waals surface area contributed by atoms with Gasteiger partial charge in [0.2, 0.25) is 0 Å². The van der Waals surface area contributed by atoms with Crippen LogP contribution in [0.4, 0.5) is 11.6 Å². The van der Waals surface area contributed by atoms with Gasteiger partial charge in [-0.15, -0.1) is 0 Å². The van der Waals surface area contributed by atoms with Crippen LogP contribution in [0.25, 0.3) is 0 Å². The third-order valence-corrected chi connectivity index (χ3v) is 4.69. The second-order valence-electron chi connectivity index (χ2n) is 6.04. The fraction of sp³-hybridized carbons (Fsp3) is 0.412. The average Bonchev–Trinajstić information content (AvgIpc) is 3.02. The van der Waals surface area contributed by atoms with Gasteiger partial charge in [-0.2, -0.15) is 0 Å². The van der Waals surface area contributed by atoms with E-state index in [4.69, 9.17) is 23.2 Å². The van der Waals surface area contributed by atoms with Crippen molar-refractivity contribution in [3.8, 4) is 0 Å². The summed E-state index contributed by atoms with van der Waals surface area (Å²) in [6.07, 6.45) is 3.63. The second kappa shape index (κ2) is 7.55. The Morgan fingerprint density at radius 3 is 2.67 bits per heavy atom. The monoisotopic (exact) mass is 366 g/mol. The molecule has 1 unspecified atom stereocenters. The van der Waals surface area contributed by atoms with Crippen molar-refractivity contribution in [2.75, 3.05) is 30.0 Å². The Bertz CT molecular complexity index is 692. The fourth-order valence-electron chi connectivity index (χ4n) is 3.09. The maximum atomic E-state index is 9.50. The van der Waals surface area contributed by atoms with Gasteiger partial charge < -0.3 is 14.9 Å². The molecule has 1 aromatic carbocycles. The number of hydrogen-bond acceptors (Lipinski definition) is 5. The summed E-state index contributed by atoms with van der Waals surface area (Å²) >= 11 is 12.1. The van der Waals surface area contributed by atoms with Crippen molar-refractivity contribution in [2.45, 2.75) is 25.4 Å². The number of halogens is 2. The second-order valence-corrected chi connectivity index (χ2v) is 6.91. The molecule has 128 valence electrons. The zero-order valence-corrected chi connectivity index (χ0v) is 15.0. The molecule has 1 aliphatic rings. The van der Waals surface area contributed by atoms with E-state index in [0.29, 0.717) is 16.6 Å². The van der Waals surface area contributed by atoms with E-state index in [1.165, 1.54) is 0 Å². The minimum Gasteiger partial charge on any atom is -0.394 e. The van der Waals surface area contributed by atoms with Crippen molar-refractivity contribution in [2.24, 2.45) is 0 Å². The minimum absolute atomic E-state index is 0.143. The Morgan fingerprint density at radius 1 is 1.21 bits per heavy atom. The minimum atomic E-state index is 0.143. The van der Waals surface area contributed by atoms with E-state index in [-0.39, 0.29) is 12.6 Å². The molecule has 1 fully saturated rings. The summed E-state index contributed by atoms with van der Waals surface area (Å²) in [4.78, 5) is 12.9. The Labute approximate surface area is 151 Å². The molecule has 0 amide bonds. The topological polar surface area (TPSA) is 52.5 Å². The van der Waals surface area contributed by atoms with Crippen LogP contribution in [0.3, 0.4) is 0 Å². The highest BCUT2D eigenvalue weighted by Crippen LogP contribution is 2.26. The lowest BCUT2D eigenvalue weighted by Crippen LogP contribution is -2.33. The Balaban J connectivity index is 1.78. The molecule has 0 radical (unpaired) electrons. The number of rotatable bonds is 5. The third-order valence-electron chi connectivity index (χ3n) is 4.25. The van der Waals surface area contributed by atoms with Gasteiger partial charge in [-0.25, -0.2) is 9.97 Å². The molecule has 0 bridgehead atoms. The molecule has 7 heteroatoms. The van der Waals surface area contributed by atoms with Crippen LogP contribution in [0.1, 0.15) is 18.4 Å². The van der Waals surface area contributed by atoms with Crippen LogP contribution in [0.2, 0.25) is 10.0 Å². The van der Waals surface area contributed by atoms with E-state index in [2.05, 4.69) is 14.9 Å². The van der Waals surface area contributed by atoms with Gasteiger partial charge >= 0.3 is 0 Å². The van der Waals surface area contributed by atoms with E-state index in [9.17, 15) is 5.11 Å². The highest BCUT2D eigenvalue weighted by Gasteiger charge is 2.25. The molecule has 0 spiro atoms. The summed E-state index contributed by atoms with van der Waals surface area (Å²) in [5.74, 6) is 1.67. The molecule has 1 saturated heterocycles. The number of nitrogens with zero attached hydrogens (tertiary/aromatic N) is 4. The van der Waals surface area contributed by atoms with E-state index in [1.807, 2.05) is 30.1 Å². The van der Waals surface area contributed by atoms with Crippen molar-refractivity contribution in [3.05, 3.63) is 46.2 Å². The number of aliphatic hydroxyl groups excluding tert-OH is 1. The summed E-state index contributed by atoms with van der Waals surface area (Å²) in [5.41, 5.74) is 1.02. The summed E-state index contributed by atoms with van der Waals surface area (Å²) in [7, 11) is 1.97. The first kappa shape index (κ1) is 17.3. The molecule has 1 aromatic heterocycles. The largest absolute Gasteiger partial charge is 0.394 e. The number of aromatic nitrogens is 2. The summed E-state index contributed by atoms with van der Waals surface area (Å²) in [6, 6.07) is 7.62. The van der Waals surface area contributed by atoms with E-state index >= 15 is 0 Å². The predicted molar refractivity (Wildman–Crippen MR) is 98.1 cm³/mol. The van der Waals surface area contributed by atoms with Crippen LogP contribution in [-0.4, -0.2) is 41.3 Å². The zero-order chi connectivity index (χ0) is 17.1. The number of aliphatic hydroxyl groups is 1. The number of hydrogen-bond donors (Lipinski definition) is 1. The molecule has 0 saturated carbocycles. The number of anilines is 2. The quantitative estimate of drug-likeness (QED) is 0.878. The van der Waals surface area contributed by atoms with E-state index in [0.717, 1.165) is 36.6 Å². The number of benzene rings is 1.